The second-order valence-corrected chi connectivity index (χ2v) is 5.87. The van der Waals surface area contributed by atoms with Gasteiger partial charge in [-0.1, -0.05) is 64.7 Å². The van der Waals surface area contributed by atoms with E-state index in [0.717, 1.165) is 12.8 Å². The molecule has 0 aliphatic heterocycles. The van der Waals surface area contributed by atoms with Crippen LogP contribution in [0.3, 0.4) is 0 Å². The summed E-state index contributed by atoms with van der Waals surface area (Å²) in [6, 6.07) is 0. The molecule has 4 N–H and O–H groups in total. The van der Waals surface area contributed by atoms with Crippen LogP contribution < -0.4 is 0 Å². The minimum absolute atomic E-state index is 0.344. The van der Waals surface area contributed by atoms with Gasteiger partial charge in [-0.3, -0.25) is 4.79 Å². The molecule has 0 spiro atoms. The lowest BCUT2D eigenvalue weighted by Crippen LogP contribution is -1.93. The van der Waals surface area contributed by atoms with E-state index in [2.05, 4.69) is 6.92 Å². The molecule has 7 heteroatoms. The van der Waals surface area contributed by atoms with E-state index in [-0.39, 0.29) is 0 Å². The van der Waals surface area contributed by atoms with Gasteiger partial charge < -0.3 is 19.8 Å². The first-order chi connectivity index (χ1) is 9.27. The van der Waals surface area contributed by atoms with Gasteiger partial charge >= 0.3 is 13.8 Å². The largest absolute Gasteiger partial charge is 0.481 e. The SMILES string of the molecule is CCCCCCCCCCCCC(=O)O.O=P(O)(O)O. The Morgan fingerprint density at radius 1 is 0.800 bits per heavy atom. The van der Waals surface area contributed by atoms with Crippen LogP contribution >= 0.6 is 7.82 Å². The van der Waals surface area contributed by atoms with E-state index in [0.29, 0.717) is 6.42 Å². The highest BCUT2D eigenvalue weighted by Gasteiger charge is 2.00. The van der Waals surface area contributed by atoms with Crippen molar-refractivity contribution >= 4 is 13.8 Å². The summed E-state index contributed by atoms with van der Waals surface area (Å²) in [7, 11) is -4.64. The van der Waals surface area contributed by atoms with Crippen LogP contribution in [0.15, 0.2) is 0 Å². The summed E-state index contributed by atoms with van der Waals surface area (Å²) >= 11 is 0. The molecule has 20 heavy (non-hydrogen) atoms. The van der Waals surface area contributed by atoms with Crippen molar-refractivity contribution in [1.29, 1.82) is 0 Å². The lowest BCUT2D eigenvalue weighted by Gasteiger charge is -2.01. The van der Waals surface area contributed by atoms with Crippen molar-refractivity contribution in [3.05, 3.63) is 0 Å². The minimum atomic E-state index is -4.64. The van der Waals surface area contributed by atoms with Crippen molar-refractivity contribution in [1.82, 2.24) is 0 Å². The summed E-state index contributed by atoms with van der Waals surface area (Å²) in [4.78, 5) is 31.8. The fourth-order valence-corrected chi connectivity index (χ4v) is 1.76. The van der Waals surface area contributed by atoms with Crippen LogP contribution in [0.1, 0.15) is 77.6 Å². The summed E-state index contributed by atoms with van der Waals surface area (Å²) in [6.45, 7) is 2.24. The Labute approximate surface area is 121 Å². The van der Waals surface area contributed by atoms with E-state index in [1.807, 2.05) is 0 Å². The molecule has 0 heterocycles. The number of phosphoric acid groups is 1. The van der Waals surface area contributed by atoms with Crippen LogP contribution in [0, 0.1) is 0 Å². The van der Waals surface area contributed by atoms with Crippen LogP contribution in [0.5, 0.6) is 0 Å². The van der Waals surface area contributed by atoms with E-state index < -0.39 is 13.8 Å². The minimum Gasteiger partial charge on any atom is -0.481 e. The quantitative estimate of drug-likeness (QED) is 0.343. The molecule has 0 saturated heterocycles. The van der Waals surface area contributed by atoms with Gasteiger partial charge in [-0.2, -0.15) is 0 Å². The predicted octanol–water partition coefficient (Wildman–Crippen LogP) is 3.45. The normalized spacial score (nSPS) is 10.8. The Kier molecular flexibility index (Phi) is 16.4. The molecule has 0 aromatic rings. The Hall–Kier alpha value is -0.420. The van der Waals surface area contributed by atoms with Crippen LogP contribution in [0.2, 0.25) is 0 Å². The number of carboxylic acid groups (broad SMARTS) is 1. The van der Waals surface area contributed by atoms with Gasteiger partial charge in [-0.05, 0) is 6.42 Å². The molecule has 122 valence electrons. The standard InChI is InChI=1S/C13H26O2.H3O4P/c1-2-3-4-5-6-7-8-9-10-11-12-13(14)15;1-5(2,3)4/h2-12H2,1H3,(H,14,15);(H3,1,2,3,4). The van der Waals surface area contributed by atoms with E-state index in [9.17, 15) is 4.79 Å². The molecular weight excluding hydrogens is 283 g/mol. The molecule has 0 atom stereocenters. The van der Waals surface area contributed by atoms with Crippen molar-refractivity contribution in [2.24, 2.45) is 0 Å². The van der Waals surface area contributed by atoms with Crippen LogP contribution in [0.25, 0.3) is 0 Å². The highest BCUT2D eigenvalue weighted by atomic mass is 31.2. The van der Waals surface area contributed by atoms with Gasteiger partial charge in [-0.25, -0.2) is 4.57 Å². The molecule has 0 aromatic carbocycles. The molecule has 0 aliphatic rings. The maximum absolute atomic E-state index is 10.2. The fourth-order valence-electron chi connectivity index (χ4n) is 1.76. The fraction of sp³-hybridized carbons (Fsp3) is 0.923. The van der Waals surface area contributed by atoms with Gasteiger partial charge in [-0.15, -0.1) is 0 Å². The third-order valence-corrected chi connectivity index (χ3v) is 2.74. The maximum Gasteiger partial charge on any atom is 0.466 e. The monoisotopic (exact) mass is 312 g/mol. The van der Waals surface area contributed by atoms with Crippen LogP contribution in [-0.2, 0) is 9.36 Å². The van der Waals surface area contributed by atoms with Crippen molar-refractivity contribution in [3.8, 4) is 0 Å². The second-order valence-electron chi connectivity index (χ2n) is 4.84. The average Bonchev–Trinajstić information content (AvgIpc) is 2.29. The number of carbonyl (C=O) groups is 1. The van der Waals surface area contributed by atoms with Crippen LogP contribution in [0.4, 0.5) is 0 Å². The summed E-state index contributed by atoms with van der Waals surface area (Å²) in [5.41, 5.74) is 0. The number of rotatable bonds is 11. The Morgan fingerprint density at radius 3 is 1.40 bits per heavy atom. The topological polar surface area (TPSA) is 115 Å². The molecule has 0 unspecified atom stereocenters. The van der Waals surface area contributed by atoms with Crippen LogP contribution in [-0.4, -0.2) is 25.8 Å². The van der Waals surface area contributed by atoms with Gasteiger partial charge in [0.15, 0.2) is 0 Å². The van der Waals surface area contributed by atoms with Gasteiger partial charge in [0.1, 0.15) is 0 Å². The third kappa shape index (κ3) is 36.0. The van der Waals surface area contributed by atoms with Crippen molar-refractivity contribution in [2.45, 2.75) is 77.6 Å². The van der Waals surface area contributed by atoms with Gasteiger partial charge in [0, 0.05) is 6.42 Å². The zero-order valence-corrected chi connectivity index (χ0v) is 13.2. The molecule has 0 radical (unpaired) electrons. The smallest absolute Gasteiger partial charge is 0.466 e. The molecule has 0 bridgehead atoms. The van der Waals surface area contributed by atoms with E-state index >= 15 is 0 Å². The average molecular weight is 312 g/mol. The number of hydrogen-bond acceptors (Lipinski definition) is 2. The number of hydrogen-bond donors (Lipinski definition) is 4. The van der Waals surface area contributed by atoms with Gasteiger partial charge in [0.05, 0.1) is 0 Å². The van der Waals surface area contributed by atoms with Gasteiger partial charge in [0.2, 0.25) is 0 Å². The predicted molar refractivity (Wildman–Crippen MR) is 78.4 cm³/mol. The van der Waals surface area contributed by atoms with Gasteiger partial charge in [0.25, 0.3) is 0 Å². The van der Waals surface area contributed by atoms with Crippen molar-refractivity contribution in [3.63, 3.8) is 0 Å². The van der Waals surface area contributed by atoms with E-state index in [1.165, 1.54) is 51.4 Å². The van der Waals surface area contributed by atoms with Crippen molar-refractivity contribution < 1.29 is 29.1 Å². The Morgan fingerprint density at radius 2 is 1.10 bits per heavy atom. The highest BCUT2D eigenvalue weighted by molar-refractivity contribution is 7.45. The molecule has 0 fully saturated rings. The summed E-state index contributed by atoms with van der Waals surface area (Å²) in [5, 5.41) is 8.44. The lowest BCUT2D eigenvalue weighted by atomic mass is 10.1. The Bertz CT molecular complexity index is 255. The second kappa shape index (κ2) is 15.0. The summed E-state index contributed by atoms with van der Waals surface area (Å²) in [6.07, 6.45) is 12.9. The first-order valence-electron chi connectivity index (χ1n) is 7.27. The number of aliphatic carboxylic acids is 1. The molecule has 0 aromatic heterocycles. The van der Waals surface area contributed by atoms with Crippen molar-refractivity contribution in [2.75, 3.05) is 0 Å². The zero-order chi connectivity index (χ0) is 15.9. The number of carboxylic acids is 1. The molecule has 0 rings (SSSR count). The summed E-state index contributed by atoms with van der Waals surface area (Å²) in [5.74, 6) is -0.658. The van der Waals surface area contributed by atoms with E-state index in [1.54, 1.807) is 0 Å². The maximum atomic E-state index is 10.2. The highest BCUT2D eigenvalue weighted by Crippen LogP contribution is 2.25. The molecule has 0 amide bonds. The molecule has 0 saturated carbocycles. The zero-order valence-electron chi connectivity index (χ0n) is 12.3. The molecule has 0 aliphatic carbocycles. The first-order valence-corrected chi connectivity index (χ1v) is 8.84. The van der Waals surface area contributed by atoms with E-state index in [4.69, 9.17) is 24.4 Å². The lowest BCUT2D eigenvalue weighted by molar-refractivity contribution is -0.137. The summed E-state index contributed by atoms with van der Waals surface area (Å²) < 4.78 is 8.88. The first kappa shape index (κ1) is 21.9. The molecule has 6 nitrogen and oxygen atoms in total. The number of unbranched alkanes of at least 4 members (excludes halogenated alkanes) is 9. The molecular formula is C13H29O6P. The third-order valence-electron chi connectivity index (χ3n) is 2.74. The Balaban J connectivity index is 0.